The van der Waals surface area contributed by atoms with Crippen LogP contribution in [-0.4, -0.2) is 30.3 Å². The van der Waals surface area contributed by atoms with Gasteiger partial charge < -0.3 is 24.5 Å². The smallest absolute Gasteiger partial charge is 0.355 e. The largest absolute Gasteiger partial charge is 0.454 e. The predicted octanol–water partition coefficient (Wildman–Crippen LogP) is 2.54. The van der Waals surface area contributed by atoms with Crippen LogP contribution in [0, 0.1) is 0 Å². The van der Waals surface area contributed by atoms with Crippen LogP contribution in [-0.2, 0) is 9.53 Å². The molecule has 7 nitrogen and oxygen atoms in total. The summed E-state index contributed by atoms with van der Waals surface area (Å²) in [5, 5.41) is 2.77. The Morgan fingerprint density at radius 3 is 2.88 bits per heavy atom. The van der Waals surface area contributed by atoms with Crippen molar-refractivity contribution >= 4 is 27.8 Å². The zero-order valence-corrected chi connectivity index (χ0v) is 14.4. The van der Waals surface area contributed by atoms with Gasteiger partial charge in [0.05, 0.1) is 6.04 Å². The first kappa shape index (κ1) is 16.4. The average Bonchev–Trinajstić information content (AvgIpc) is 3.20. The average molecular weight is 395 g/mol. The molecule has 3 rings (SSSR count). The van der Waals surface area contributed by atoms with Crippen LogP contribution in [0.15, 0.2) is 34.9 Å². The molecule has 0 spiro atoms. The molecule has 8 heteroatoms. The van der Waals surface area contributed by atoms with E-state index in [1.165, 1.54) is 0 Å². The summed E-state index contributed by atoms with van der Waals surface area (Å²) in [5.74, 6) is 0.353. The minimum absolute atomic E-state index is 0.199. The van der Waals surface area contributed by atoms with Gasteiger partial charge in [0.25, 0.3) is 5.91 Å². The third kappa shape index (κ3) is 3.70. The van der Waals surface area contributed by atoms with Crippen LogP contribution in [0.5, 0.6) is 11.5 Å². The Kier molecular flexibility index (Phi) is 4.75. The summed E-state index contributed by atoms with van der Waals surface area (Å²) in [5.41, 5.74) is 1.14. The Balaban J connectivity index is 1.52. The first-order chi connectivity index (χ1) is 11.5. The van der Waals surface area contributed by atoms with Gasteiger partial charge in [-0.05, 0) is 46.6 Å². The third-order valence-corrected chi connectivity index (χ3v) is 3.93. The molecule has 2 heterocycles. The maximum absolute atomic E-state index is 11.9. The third-order valence-electron chi connectivity index (χ3n) is 3.48. The summed E-state index contributed by atoms with van der Waals surface area (Å²) in [6.07, 6.45) is 1.61. The number of nitrogens with one attached hydrogen (secondary N) is 2. The lowest BCUT2D eigenvalue weighted by molar-refractivity contribution is -0.124. The van der Waals surface area contributed by atoms with Gasteiger partial charge in [0.1, 0.15) is 5.69 Å². The fourth-order valence-electron chi connectivity index (χ4n) is 2.24. The Morgan fingerprint density at radius 2 is 2.12 bits per heavy atom. The highest BCUT2D eigenvalue weighted by atomic mass is 79.9. The lowest BCUT2D eigenvalue weighted by Crippen LogP contribution is -2.31. The number of aromatic amines is 1. The van der Waals surface area contributed by atoms with Crippen molar-refractivity contribution < 1.29 is 23.8 Å². The molecule has 2 N–H and O–H groups in total. The molecule has 126 valence electrons. The van der Waals surface area contributed by atoms with E-state index < -0.39 is 5.97 Å². The van der Waals surface area contributed by atoms with Crippen LogP contribution in [0.2, 0.25) is 0 Å². The maximum atomic E-state index is 11.9. The summed E-state index contributed by atoms with van der Waals surface area (Å²) in [6, 6.07) is 6.78. The second-order valence-corrected chi connectivity index (χ2v) is 6.13. The standard InChI is InChI=1S/C16H15BrN2O5/c1-9(10-2-3-13-14(4-10)24-8-23-13)19-15(20)7-22-16(21)12-5-11(17)6-18-12/h2-6,9,18H,7-8H2,1H3,(H,19,20). The number of hydrogen-bond acceptors (Lipinski definition) is 5. The molecule has 1 aliphatic heterocycles. The molecule has 0 radical (unpaired) electrons. The molecule has 1 aromatic carbocycles. The van der Waals surface area contributed by atoms with Crippen LogP contribution in [0.4, 0.5) is 0 Å². The molecule has 0 bridgehead atoms. The van der Waals surface area contributed by atoms with E-state index in [9.17, 15) is 9.59 Å². The minimum atomic E-state index is -0.591. The van der Waals surface area contributed by atoms with Crippen molar-refractivity contribution in [2.75, 3.05) is 13.4 Å². The molecule has 1 unspecified atom stereocenters. The molecule has 24 heavy (non-hydrogen) atoms. The van der Waals surface area contributed by atoms with Crippen molar-refractivity contribution in [3.8, 4) is 11.5 Å². The summed E-state index contributed by atoms with van der Waals surface area (Å²) >= 11 is 3.22. The van der Waals surface area contributed by atoms with Crippen molar-refractivity contribution in [3.63, 3.8) is 0 Å². The van der Waals surface area contributed by atoms with E-state index in [1.807, 2.05) is 19.1 Å². The fraction of sp³-hybridized carbons (Fsp3) is 0.250. The van der Waals surface area contributed by atoms with Crippen molar-refractivity contribution in [3.05, 3.63) is 46.2 Å². The van der Waals surface area contributed by atoms with Crippen LogP contribution < -0.4 is 14.8 Å². The molecule has 1 aromatic heterocycles. The number of carbonyl (C=O) groups excluding carboxylic acids is 2. The van der Waals surface area contributed by atoms with Gasteiger partial charge in [-0.3, -0.25) is 4.79 Å². The van der Waals surface area contributed by atoms with E-state index in [1.54, 1.807) is 18.3 Å². The number of fused-ring (bicyclic) bond motifs is 1. The van der Waals surface area contributed by atoms with E-state index in [-0.39, 0.29) is 31.0 Å². The molecule has 2 aromatic rings. The molecular weight excluding hydrogens is 380 g/mol. The van der Waals surface area contributed by atoms with E-state index in [0.717, 1.165) is 10.0 Å². The van der Waals surface area contributed by atoms with Gasteiger partial charge >= 0.3 is 5.97 Å². The Hall–Kier alpha value is -2.48. The van der Waals surface area contributed by atoms with Gasteiger partial charge in [-0.2, -0.15) is 0 Å². The highest BCUT2D eigenvalue weighted by Crippen LogP contribution is 2.34. The van der Waals surface area contributed by atoms with Gasteiger partial charge in [0.15, 0.2) is 18.1 Å². The van der Waals surface area contributed by atoms with E-state index in [0.29, 0.717) is 11.5 Å². The maximum Gasteiger partial charge on any atom is 0.355 e. The van der Waals surface area contributed by atoms with E-state index in [4.69, 9.17) is 14.2 Å². The molecule has 1 aliphatic rings. The van der Waals surface area contributed by atoms with Gasteiger partial charge in [-0.1, -0.05) is 6.07 Å². The number of carbonyl (C=O) groups is 2. The minimum Gasteiger partial charge on any atom is -0.454 e. The summed E-state index contributed by atoms with van der Waals surface area (Å²) in [7, 11) is 0. The van der Waals surface area contributed by atoms with Crippen LogP contribution in [0.3, 0.4) is 0 Å². The Bertz CT molecular complexity index is 774. The Morgan fingerprint density at radius 1 is 1.33 bits per heavy atom. The normalized spacial score (nSPS) is 13.4. The number of ether oxygens (including phenoxy) is 3. The van der Waals surface area contributed by atoms with Gasteiger partial charge in [0.2, 0.25) is 6.79 Å². The molecule has 0 aliphatic carbocycles. The zero-order valence-electron chi connectivity index (χ0n) is 12.8. The van der Waals surface area contributed by atoms with Gasteiger partial charge in [0, 0.05) is 10.7 Å². The number of aromatic nitrogens is 1. The number of amides is 1. The lowest BCUT2D eigenvalue weighted by Gasteiger charge is -2.14. The van der Waals surface area contributed by atoms with E-state index >= 15 is 0 Å². The summed E-state index contributed by atoms with van der Waals surface area (Å²) in [4.78, 5) is 26.4. The molecule has 1 atom stereocenters. The topological polar surface area (TPSA) is 89.7 Å². The Labute approximate surface area is 146 Å². The number of rotatable bonds is 5. The van der Waals surface area contributed by atoms with Crippen molar-refractivity contribution in [2.24, 2.45) is 0 Å². The molecule has 0 fully saturated rings. The van der Waals surface area contributed by atoms with Crippen LogP contribution in [0.25, 0.3) is 0 Å². The molecule has 0 saturated heterocycles. The number of hydrogen-bond donors (Lipinski definition) is 2. The first-order valence-corrected chi connectivity index (χ1v) is 8.02. The quantitative estimate of drug-likeness (QED) is 0.760. The highest BCUT2D eigenvalue weighted by molar-refractivity contribution is 9.10. The number of esters is 1. The number of H-pyrrole nitrogens is 1. The predicted molar refractivity (Wildman–Crippen MR) is 87.9 cm³/mol. The summed E-state index contributed by atoms with van der Waals surface area (Å²) in [6.45, 7) is 1.67. The van der Waals surface area contributed by atoms with Crippen LogP contribution >= 0.6 is 15.9 Å². The number of halogens is 1. The molecular formula is C16H15BrN2O5. The zero-order chi connectivity index (χ0) is 17.1. The second kappa shape index (κ2) is 6.96. The van der Waals surface area contributed by atoms with Crippen molar-refractivity contribution in [1.29, 1.82) is 0 Å². The monoisotopic (exact) mass is 394 g/mol. The molecule has 0 saturated carbocycles. The fourth-order valence-corrected chi connectivity index (χ4v) is 2.59. The highest BCUT2D eigenvalue weighted by Gasteiger charge is 2.18. The second-order valence-electron chi connectivity index (χ2n) is 5.21. The van der Waals surface area contributed by atoms with Crippen molar-refractivity contribution in [2.45, 2.75) is 13.0 Å². The van der Waals surface area contributed by atoms with E-state index in [2.05, 4.69) is 26.2 Å². The van der Waals surface area contributed by atoms with Gasteiger partial charge in [-0.15, -0.1) is 0 Å². The van der Waals surface area contributed by atoms with Crippen LogP contribution in [0.1, 0.15) is 29.0 Å². The lowest BCUT2D eigenvalue weighted by atomic mass is 10.1. The SMILES string of the molecule is CC(NC(=O)COC(=O)c1cc(Br)c[nH]1)c1ccc2c(c1)OCO2. The summed E-state index contributed by atoms with van der Waals surface area (Å²) < 4.78 is 16.3. The van der Waals surface area contributed by atoms with Crippen molar-refractivity contribution in [1.82, 2.24) is 10.3 Å². The molecule has 1 amide bonds. The van der Waals surface area contributed by atoms with Gasteiger partial charge in [-0.25, -0.2) is 4.79 Å². The number of benzene rings is 1. The first-order valence-electron chi connectivity index (χ1n) is 7.23.